The Morgan fingerprint density at radius 1 is 1.00 bits per heavy atom. The number of hydrogen-bond acceptors (Lipinski definition) is 5. The largest absolute Gasteiger partial charge is 0.479 e. The second-order valence-corrected chi connectivity index (χ2v) is 4.12. The lowest BCUT2D eigenvalue weighted by Gasteiger charge is -2.06. The number of methoxy groups -OCH3 is 1. The summed E-state index contributed by atoms with van der Waals surface area (Å²) < 4.78 is 5.09. The molecule has 3 rings (SSSR count). The maximum absolute atomic E-state index is 12.6. The number of ether oxygens (including phenoxy) is 1. The Morgan fingerprint density at radius 2 is 1.80 bits per heavy atom. The number of para-hydroxylation sites is 1. The first-order valence-electron chi connectivity index (χ1n) is 6.04. The van der Waals surface area contributed by atoms with E-state index in [1.165, 1.54) is 19.5 Å². The average molecular weight is 265 g/mol. The molecule has 1 aromatic carbocycles. The van der Waals surface area contributed by atoms with Crippen LogP contribution in [0.15, 0.2) is 48.9 Å². The standard InChI is InChI=1S/C15H11N3O2/c1-20-15-13(17-8-9-18-15)14(19)11-6-2-4-10-5-3-7-16-12(10)11/h2-9H,1H3. The molecule has 0 saturated carbocycles. The first kappa shape index (κ1) is 12.2. The molecule has 0 aliphatic carbocycles. The predicted molar refractivity (Wildman–Crippen MR) is 73.8 cm³/mol. The lowest BCUT2D eigenvalue weighted by molar-refractivity contribution is 0.103. The molecular formula is C15H11N3O2. The van der Waals surface area contributed by atoms with Gasteiger partial charge in [-0.3, -0.25) is 9.78 Å². The smallest absolute Gasteiger partial charge is 0.243 e. The van der Waals surface area contributed by atoms with Crippen LogP contribution in [0.25, 0.3) is 10.9 Å². The van der Waals surface area contributed by atoms with Crippen molar-refractivity contribution in [1.82, 2.24) is 15.0 Å². The zero-order valence-corrected chi connectivity index (χ0v) is 10.8. The number of fused-ring (bicyclic) bond motifs is 1. The minimum Gasteiger partial charge on any atom is -0.479 e. The topological polar surface area (TPSA) is 65.0 Å². The summed E-state index contributed by atoms with van der Waals surface area (Å²) >= 11 is 0. The van der Waals surface area contributed by atoms with E-state index in [9.17, 15) is 4.79 Å². The van der Waals surface area contributed by atoms with Crippen LogP contribution in [0.3, 0.4) is 0 Å². The van der Waals surface area contributed by atoms with Gasteiger partial charge in [-0.25, -0.2) is 9.97 Å². The van der Waals surface area contributed by atoms with Gasteiger partial charge >= 0.3 is 0 Å². The van der Waals surface area contributed by atoms with Crippen molar-refractivity contribution in [2.45, 2.75) is 0 Å². The maximum Gasteiger partial charge on any atom is 0.243 e. The van der Waals surface area contributed by atoms with Gasteiger partial charge in [0.15, 0.2) is 5.69 Å². The van der Waals surface area contributed by atoms with Crippen LogP contribution < -0.4 is 4.74 Å². The fourth-order valence-corrected chi connectivity index (χ4v) is 2.05. The Balaban J connectivity index is 2.18. The molecule has 3 aromatic rings. The van der Waals surface area contributed by atoms with Crippen LogP contribution in [-0.4, -0.2) is 27.8 Å². The molecule has 0 unspecified atom stereocenters. The van der Waals surface area contributed by atoms with E-state index in [0.29, 0.717) is 11.1 Å². The van der Waals surface area contributed by atoms with Gasteiger partial charge in [0.25, 0.3) is 0 Å². The molecule has 5 heteroatoms. The number of benzene rings is 1. The number of carbonyl (C=O) groups is 1. The molecule has 20 heavy (non-hydrogen) atoms. The maximum atomic E-state index is 12.6. The monoisotopic (exact) mass is 265 g/mol. The van der Waals surface area contributed by atoms with E-state index in [1.54, 1.807) is 12.3 Å². The molecule has 0 spiro atoms. The molecule has 98 valence electrons. The van der Waals surface area contributed by atoms with Crippen LogP contribution in [0.2, 0.25) is 0 Å². The molecule has 2 heterocycles. The van der Waals surface area contributed by atoms with Crippen molar-refractivity contribution < 1.29 is 9.53 Å². The second kappa shape index (κ2) is 5.05. The first-order chi connectivity index (χ1) is 9.81. The minimum absolute atomic E-state index is 0.188. The third kappa shape index (κ3) is 1.99. The van der Waals surface area contributed by atoms with Gasteiger partial charge in [-0.2, -0.15) is 0 Å². The summed E-state index contributed by atoms with van der Waals surface area (Å²) in [4.78, 5) is 25.0. The Kier molecular flexibility index (Phi) is 3.09. The molecule has 0 radical (unpaired) electrons. The summed E-state index contributed by atoms with van der Waals surface area (Å²) in [5.74, 6) is -0.0373. The highest BCUT2D eigenvalue weighted by Crippen LogP contribution is 2.21. The number of hydrogen-bond donors (Lipinski definition) is 0. The third-order valence-electron chi connectivity index (χ3n) is 2.95. The van der Waals surface area contributed by atoms with Crippen LogP contribution in [-0.2, 0) is 0 Å². The van der Waals surface area contributed by atoms with Gasteiger partial charge in [-0.05, 0) is 12.1 Å². The van der Waals surface area contributed by atoms with E-state index >= 15 is 0 Å². The lowest BCUT2D eigenvalue weighted by Crippen LogP contribution is -2.08. The van der Waals surface area contributed by atoms with Crippen molar-refractivity contribution in [3.8, 4) is 5.88 Å². The molecule has 0 fully saturated rings. The first-order valence-corrected chi connectivity index (χ1v) is 6.04. The van der Waals surface area contributed by atoms with Crippen LogP contribution in [0.1, 0.15) is 16.1 Å². The molecule has 5 nitrogen and oxygen atoms in total. The van der Waals surface area contributed by atoms with Crippen LogP contribution >= 0.6 is 0 Å². The number of aromatic nitrogens is 3. The molecule has 2 aromatic heterocycles. The zero-order chi connectivity index (χ0) is 13.9. The van der Waals surface area contributed by atoms with Gasteiger partial charge in [0, 0.05) is 24.0 Å². The third-order valence-corrected chi connectivity index (χ3v) is 2.95. The number of pyridine rings is 1. The van der Waals surface area contributed by atoms with Crippen molar-refractivity contribution >= 4 is 16.7 Å². The van der Waals surface area contributed by atoms with E-state index in [1.807, 2.05) is 24.3 Å². The number of nitrogens with zero attached hydrogens (tertiary/aromatic N) is 3. The van der Waals surface area contributed by atoms with Crippen molar-refractivity contribution in [1.29, 1.82) is 0 Å². The van der Waals surface area contributed by atoms with E-state index in [-0.39, 0.29) is 17.4 Å². The highest BCUT2D eigenvalue weighted by atomic mass is 16.5. The normalized spacial score (nSPS) is 10.4. The molecule has 0 aliphatic rings. The highest BCUT2D eigenvalue weighted by Gasteiger charge is 2.19. The van der Waals surface area contributed by atoms with Crippen LogP contribution in [0, 0.1) is 0 Å². The SMILES string of the molecule is COc1nccnc1C(=O)c1cccc2cccnc12. The van der Waals surface area contributed by atoms with Crippen molar-refractivity contribution in [2.24, 2.45) is 0 Å². The highest BCUT2D eigenvalue weighted by molar-refractivity contribution is 6.15. The van der Waals surface area contributed by atoms with E-state index in [2.05, 4.69) is 15.0 Å². The second-order valence-electron chi connectivity index (χ2n) is 4.12. The van der Waals surface area contributed by atoms with E-state index in [0.717, 1.165) is 5.39 Å². The van der Waals surface area contributed by atoms with Crippen molar-refractivity contribution in [3.63, 3.8) is 0 Å². The molecule has 0 bridgehead atoms. The quantitative estimate of drug-likeness (QED) is 0.680. The predicted octanol–water partition coefficient (Wildman–Crippen LogP) is 2.26. The number of carbonyl (C=O) groups excluding carboxylic acids is 1. The van der Waals surface area contributed by atoms with E-state index < -0.39 is 0 Å². The van der Waals surface area contributed by atoms with Gasteiger partial charge in [0.2, 0.25) is 11.7 Å². The number of rotatable bonds is 3. The number of ketones is 1. The van der Waals surface area contributed by atoms with E-state index in [4.69, 9.17) is 4.74 Å². The molecule has 0 saturated heterocycles. The summed E-state index contributed by atoms with van der Waals surface area (Å²) in [5, 5.41) is 0.904. The summed E-state index contributed by atoms with van der Waals surface area (Å²) in [6.07, 6.45) is 4.61. The Hall–Kier alpha value is -2.82. The van der Waals surface area contributed by atoms with Gasteiger partial charge in [0.1, 0.15) is 0 Å². The van der Waals surface area contributed by atoms with Crippen LogP contribution in [0.4, 0.5) is 0 Å². The summed E-state index contributed by atoms with van der Waals surface area (Å²) in [6.45, 7) is 0. The van der Waals surface area contributed by atoms with Crippen molar-refractivity contribution in [3.05, 3.63) is 60.2 Å². The Bertz CT molecular complexity index is 781. The Morgan fingerprint density at radius 3 is 2.65 bits per heavy atom. The molecular weight excluding hydrogens is 254 g/mol. The van der Waals surface area contributed by atoms with Gasteiger partial charge in [-0.15, -0.1) is 0 Å². The van der Waals surface area contributed by atoms with Gasteiger partial charge < -0.3 is 4.74 Å². The van der Waals surface area contributed by atoms with Gasteiger partial charge in [-0.1, -0.05) is 18.2 Å². The Labute approximate surface area is 115 Å². The fourth-order valence-electron chi connectivity index (χ4n) is 2.05. The van der Waals surface area contributed by atoms with Gasteiger partial charge in [0.05, 0.1) is 18.2 Å². The lowest BCUT2D eigenvalue weighted by atomic mass is 10.0. The zero-order valence-electron chi connectivity index (χ0n) is 10.8. The summed E-state index contributed by atoms with van der Waals surface area (Å²) in [7, 11) is 1.46. The summed E-state index contributed by atoms with van der Waals surface area (Å²) in [6, 6.07) is 9.20. The molecule has 0 amide bonds. The average Bonchev–Trinajstić information content (AvgIpc) is 2.53. The van der Waals surface area contributed by atoms with Crippen molar-refractivity contribution in [2.75, 3.05) is 7.11 Å². The molecule has 0 aliphatic heterocycles. The fraction of sp³-hybridized carbons (Fsp3) is 0.0667. The molecule has 0 atom stereocenters. The minimum atomic E-state index is -0.251. The summed E-state index contributed by atoms with van der Waals surface area (Å²) in [5.41, 5.74) is 1.32. The molecule has 0 N–H and O–H groups in total. The van der Waals surface area contributed by atoms with Crippen LogP contribution in [0.5, 0.6) is 5.88 Å².